The van der Waals surface area contributed by atoms with Crippen molar-refractivity contribution in [2.75, 3.05) is 13.2 Å². The van der Waals surface area contributed by atoms with Crippen molar-refractivity contribution in [3.05, 3.63) is 144 Å². The summed E-state index contributed by atoms with van der Waals surface area (Å²) < 4.78 is 37.9. The van der Waals surface area contributed by atoms with Gasteiger partial charge in [-0.1, -0.05) is 121 Å². The van der Waals surface area contributed by atoms with Crippen molar-refractivity contribution in [1.82, 2.24) is 0 Å². The molecule has 224 valence electrons. The van der Waals surface area contributed by atoms with Crippen LogP contribution in [0.5, 0.6) is 0 Å². The topological polar surface area (TPSA) is 72.5 Å². The van der Waals surface area contributed by atoms with E-state index in [-0.39, 0.29) is 19.8 Å². The number of rotatable bonds is 17. The van der Waals surface area contributed by atoms with Gasteiger partial charge in [0.1, 0.15) is 24.4 Å². The van der Waals surface area contributed by atoms with Crippen molar-refractivity contribution < 1.29 is 33.2 Å². The molecule has 7 nitrogen and oxygen atoms in total. The largest absolute Gasteiger partial charge is 0.368 e. The summed E-state index contributed by atoms with van der Waals surface area (Å²) in [7, 11) is 0. The molecule has 0 saturated carbocycles. The van der Waals surface area contributed by atoms with Crippen LogP contribution >= 0.6 is 0 Å². The second-order valence-corrected chi connectivity index (χ2v) is 10.3. The Morgan fingerprint density at radius 3 is 1.33 bits per heavy atom. The Morgan fingerprint density at radius 2 is 0.907 bits per heavy atom. The van der Waals surface area contributed by atoms with Crippen molar-refractivity contribution in [2.45, 2.75) is 57.1 Å². The Labute approximate surface area is 253 Å². The van der Waals surface area contributed by atoms with Crippen molar-refractivity contribution in [3.8, 4) is 0 Å². The highest BCUT2D eigenvalue weighted by Gasteiger charge is 2.44. The number of hydrogen-bond donors (Lipinski definition) is 0. The fourth-order valence-corrected chi connectivity index (χ4v) is 4.93. The lowest BCUT2D eigenvalue weighted by atomic mass is 10.0. The van der Waals surface area contributed by atoms with E-state index in [1.807, 2.05) is 121 Å². The number of ether oxygens (including phenoxy) is 6. The summed E-state index contributed by atoms with van der Waals surface area (Å²) in [6, 6.07) is 39.3. The van der Waals surface area contributed by atoms with E-state index in [1.165, 1.54) is 0 Å². The summed E-state index contributed by atoms with van der Waals surface area (Å²) in [5, 5.41) is 0. The summed E-state index contributed by atoms with van der Waals surface area (Å²) in [5.74, 6) is 0. The van der Waals surface area contributed by atoms with Gasteiger partial charge in [-0.3, -0.25) is 0 Å². The third kappa shape index (κ3) is 9.40. The molecule has 7 heteroatoms. The molecule has 4 aromatic carbocycles. The lowest BCUT2D eigenvalue weighted by molar-refractivity contribution is -0.235. The molecule has 0 aromatic heterocycles. The summed E-state index contributed by atoms with van der Waals surface area (Å²) >= 11 is 0. The van der Waals surface area contributed by atoms with Gasteiger partial charge in [0.05, 0.1) is 39.6 Å². The quantitative estimate of drug-likeness (QED) is 0.144. The van der Waals surface area contributed by atoms with E-state index in [1.54, 1.807) is 0 Å². The van der Waals surface area contributed by atoms with Gasteiger partial charge >= 0.3 is 0 Å². The lowest BCUT2D eigenvalue weighted by Gasteiger charge is -2.37. The van der Waals surface area contributed by atoms with Gasteiger partial charge in [0.15, 0.2) is 12.6 Å². The Kier molecular flexibility index (Phi) is 12.0. The van der Waals surface area contributed by atoms with Crippen molar-refractivity contribution in [3.63, 3.8) is 0 Å². The molecular weight excluding hydrogens is 544 g/mol. The molecule has 0 spiro atoms. The molecule has 1 heterocycles. The molecular formula is C36H38O7. The van der Waals surface area contributed by atoms with E-state index in [0.29, 0.717) is 19.8 Å². The zero-order chi connectivity index (χ0) is 29.5. The Hall–Kier alpha value is -3.69. The highest BCUT2D eigenvalue weighted by molar-refractivity contribution is 5.57. The van der Waals surface area contributed by atoms with Crippen molar-refractivity contribution in [2.24, 2.45) is 0 Å². The van der Waals surface area contributed by atoms with Gasteiger partial charge in [-0.05, 0) is 22.3 Å². The molecule has 43 heavy (non-hydrogen) atoms. The van der Waals surface area contributed by atoms with Crippen LogP contribution in [0.1, 0.15) is 22.3 Å². The molecule has 0 N–H and O–H groups in total. The highest BCUT2D eigenvalue weighted by atomic mass is 16.7. The van der Waals surface area contributed by atoms with Gasteiger partial charge in [0, 0.05) is 0 Å². The monoisotopic (exact) mass is 582 g/mol. The van der Waals surface area contributed by atoms with Crippen molar-refractivity contribution in [1.29, 1.82) is 0 Å². The first-order chi connectivity index (χ1) is 21.3. The van der Waals surface area contributed by atoms with E-state index < -0.39 is 30.7 Å². The third-order valence-corrected chi connectivity index (χ3v) is 7.16. The minimum Gasteiger partial charge on any atom is -0.368 e. The molecule has 5 rings (SSSR count). The molecule has 0 unspecified atom stereocenters. The predicted octanol–water partition coefficient (Wildman–Crippen LogP) is 5.90. The van der Waals surface area contributed by atoms with Gasteiger partial charge in [-0.2, -0.15) is 0 Å². The number of aldehydes is 1. The van der Waals surface area contributed by atoms with Crippen LogP contribution in [-0.4, -0.2) is 50.2 Å². The van der Waals surface area contributed by atoms with Crippen LogP contribution in [0.15, 0.2) is 121 Å². The minimum absolute atomic E-state index is 0.229. The normalized spacial score (nSPS) is 16.4. The number of hydrogen-bond acceptors (Lipinski definition) is 7. The van der Waals surface area contributed by atoms with E-state index in [2.05, 4.69) is 0 Å². The zero-order valence-corrected chi connectivity index (χ0v) is 24.1. The second-order valence-electron chi connectivity index (χ2n) is 10.3. The maximum Gasteiger partial charge on any atom is 0.186 e. The standard InChI is InChI=1S/C36H38O7/c37-23-32(40-24-28-13-5-1-6-14-28)33(41-25-29-15-7-2-8-16-29)34(42-26-30-17-9-3-10-18-30)35(36-38-21-22-39-36)43-27-31-19-11-4-12-20-31/h1-20,23,32-36H,21-22,24-27H2/t32-,33+,34-,35-/m0/s1. The molecule has 1 aliphatic rings. The maximum atomic E-state index is 12.7. The van der Waals surface area contributed by atoms with Crippen LogP contribution < -0.4 is 0 Å². The third-order valence-electron chi connectivity index (χ3n) is 7.16. The molecule has 0 bridgehead atoms. The fourth-order valence-electron chi connectivity index (χ4n) is 4.93. The average Bonchev–Trinajstić information content (AvgIpc) is 3.61. The molecule has 1 aliphatic heterocycles. The minimum atomic E-state index is -0.964. The summed E-state index contributed by atoms with van der Waals surface area (Å²) in [6.45, 7) is 1.89. The van der Waals surface area contributed by atoms with Gasteiger partial charge < -0.3 is 33.2 Å². The van der Waals surface area contributed by atoms with Crippen LogP contribution in [0.2, 0.25) is 0 Å². The summed E-state index contributed by atoms with van der Waals surface area (Å²) in [6.07, 6.45) is -3.26. The fraction of sp³-hybridized carbons (Fsp3) is 0.306. The number of carbonyl (C=O) groups excluding carboxylic acids is 1. The maximum absolute atomic E-state index is 12.7. The number of carbonyl (C=O) groups is 1. The highest BCUT2D eigenvalue weighted by Crippen LogP contribution is 2.27. The van der Waals surface area contributed by atoms with Gasteiger partial charge in [0.25, 0.3) is 0 Å². The molecule has 4 aromatic rings. The zero-order valence-electron chi connectivity index (χ0n) is 24.1. The number of benzene rings is 4. The van der Waals surface area contributed by atoms with Crippen LogP contribution in [0.4, 0.5) is 0 Å². The smallest absolute Gasteiger partial charge is 0.186 e. The molecule has 4 atom stereocenters. The van der Waals surface area contributed by atoms with Gasteiger partial charge in [-0.25, -0.2) is 0 Å². The van der Waals surface area contributed by atoms with Crippen LogP contribution in [0.25, 0.3) is 0 Å². The predicted molar refractivity (Wildman–Crippen MR) is 162 cm³/mol. The van der Waals surface area contributed by atoms with E-state index in [0.717, 1.165) is 28.5 Å². The van der Waals surface area contributed by atoms with E-state index in [9.17, 15) is 4.79 Å². The van der Waals surface area contributed by atoms with E-state index in [4.69, 9.17) is 28.4 Å². The van der Waals surface area contributed by atoms with Crippen LogP contribution in [0, 0.1) is 0 Å². The Bertz CT molecular complexity index is 1320. The van der Waals surface area contributed by atoms with E-state index >= 15 is 0 Å². The molecule has 0 amide bonds. The average molecular weight is 583 g/mol. The second kappa shape index (κ2) is 16.8. The van der Waals surface area contributed by atoms with Crippen LogP contribution in [0.3, 0.4) is 0 Å². The molecule has 1 saturated heterocycles. The Morgan fingerprint density at radius 1 is 0.535 bits per heavy atom. The SMILES string of the molecule is O=C[C@H](OCc1ccccc1)[C@@H](OCc1ccccc1)[C@H](OCc1ccccc1)[C@H](OCc1ccccc1)C1OCCO1. The molecule has 0 radical (unpaired) electrons. The molecule has 0 aliphatic carbocycles. The first-order valence-electron chi connectivity index (χ1n) is 14.6. The summed E-state index contributed by atoms with van der Waals surface area (Å²) in [4.78, 5) is 12.7. The Balaban J connectivity index is 1.46. The molecule has 1 fully saturated rings. The first-order valence-corrected chi connectivity index (χ1v) is 14.6. The lowest BCUT2D eigenvalue weighted by Crippen LogP contribution is -2.54. The first kappa shape index (κ1) is 30.8. The van der Waals surface area contributed by atoms with Gasteiger partial charge in [0.2, 0.25) is 0 Å². The van der Waals surface area contributed by atoms with Crippen LogP contribution in [-0.2, 0) is 59.6 Å². The summed E-state index contributed by atoms with van der Waals surface area (Å²) in [5.41, 5.74) is 3.85. The van der Waals surface area contributed by atoms with Crippen molar-refractivity contribution >= 4 is 6.29 Å². The van der Waals surface area contributed by atoms with Gasteiger partial charge in [-0.15, -0.1) is 0 Å².